The van der Waals surface area contributed by atoms with Crippen molar-refractivity contribution in [2.75, 3.05) is 0 Å². The highest BCUT2D eigenvalue weighted by Crippen LogP contribution is 2.46. The SMILES string of the molecule is Cc1ccc([C@H]2OC(=O)C2(C)C)cc1. The van der Waals surface area contributed by atoms with E-state index in [1.807, 2.05) is 45.0 Å². The largest absolute Gasteiger partial charge is 0.456 e. The summed E-state index contributed by atoms with van der Waals surface area (Å²) < 4.78 is 5.14. The highest BCUT2D eigenvalue weighted by molar-refractivity contribution is 5.82. The predicted octanol–water partition coefficient (Wildman–Crippen LogP) is 2.62. The number of hydrogen-bond acceptors (Lipinski definition) is 2. The summed E-state index contributed by atoms with van der Waals surface area (Å²) in [5, 5.41) is 0. The monoisotopic (exact) mass is 190 g/mol. The van der Waals surface area contributed by atoms with Crippen LogP contribution in [0.2, 0.25) is 0 Å². The van der Waals surface area contributed by atoms with Gasteiger partial charge >= 0.3 is 5.97 Å². The van der Waals surface area contributed by atoms with Crippen LogP contribution >= 0.6 is 0 Å². The Morgan fingerprint density at radius 1 is 1.21 bits per heavy atom. The van der Waals surface area contributed by atoms with Gasteiger partial charge in [0.25, 0.3) is 0 Å². The van der Waals surface area contributed by atoms with E-state index in [1.165, 1.54) is 5.56 Å². The average molecular weight is 190 g/mol. The Hall–Kier alpha value is -1.31. The third-order valence-corrected chi connectivity index (χ3v) is 2.79. The number of benzene rings is 1. The van der Waals surface area contributed by atoms with Gasteiger partial charge in [0.1, 0.15) is 11.5 Å². The van der Waals surface area contributed by atoms with Crippen LogP contribution in [0.1, 0.15) is 31.1 Å². The van der Waals surface area contributed by atoms with Gasteiger partial charge in [0.2, 0.25) is 0 Å². The lowest BCUT2D eigenvalue weighted by molar-refractivity contribution is -0.202. The highest BCUT2D eigenvalue weighted by Gasteiger charge is 2.51. The summed E-state index contributed by atoms with van der Waals surface area (Å²) in [6.07, 6.45) is -0.0735. The first-order valence-electron chi connectivity index (χ1n) is 4.79. The van der Waals surface area contributed by atoms with Crippen molar-refractivity contribution in [2.24, 2.45) is 5.41 Å². The second kappa shape index (κ2) is 2.84. The Balaban J connectivity index is 2.26. The number of rotatable bonds is 1. The number of aryl methyl sites for hydroxylation is 1. The first-order valence-corrected chi connectivity index (χ1v) is 4.79. The molecule has 2 rings (SSSR count). The predicted molar refractivity (Wildman–Crippen MR) is 53.8 cm³/mol. The van der Waals surface area contributed by atoms with E-state index >= 15 is 0 Å². The van der Waals surface area contributed by atoms with Crippen molar-refractivity contribution in [3.8, 4) is 0 Å². The molecule has 0 aromatic heterocycles. The van der Waals surface area contributed by atoms with E-state index in [0.717, 1.165) is 5.56 Å². The molecule has 74 valence electrons. The Morgan fingerprint density at radius 2 is 1.79 bits per heavy atom. The Kier molecular flexibility index (Phi) is 1.88. The zero-order valence-corrected chi connectivity index (χ0v) is 8.70. The minimum atomic E-state index is -0.366. The fraction of sp³-hybridized carbons (Fsp3) is 0.417. The molecule has 1 aliphatic rings. The second-order valence-electron chi connectivity index (χ2n) is 4.42. The summed E-state index contributed by atoms with van der Waals surface area (Å²) in [5.74, 6) is -0.108. The van der Waals surface area contributed by atoms with Crippen LogP contribution in [0.15, 0.2) is 24.3 Å². The third kappa shape index (κ3) is 1.22. The minimum Gasteiger partial charge on any atom is -0.456 e. The molecular formula is C12H14O2. The standard InChI is InChI=1S/C12H14O2/c1-8-4-6-9(7-5-8)10-12(2,3)11(13)14-10/h4-7,10H,1-3H3/t10-/m1/s1. The van der Waals surface area contributed by atoms with Crippen molar-refractivity contribution in [3.63, 3.8) is 0 Å². The maximum Gasteiger partial charge on any atom is 0.316 e. The Labute approximate surface area is 83.9 Å². The molecule has 0 bridgehead atoms. The molecule has 0 spiro atoms. The van der Waals surface area contributed by atoms with Crippen LogP contribution in [0.3, 0.4) is 0 Å². The van der Waals surface area contributed by atoms with Gasteiger partial charge in [-0.2, -0.15) is 0 Å². The number of hydrogen-bond donors (Lipinski definition) is 0. The third-order valence-electron chi connectivity index (χ3n) is 2.79. The van der Waals surface area contributed by atoms with Gasteiger partial charge < -0.3 is 4.74 Å². The van der Waals surface area contributed by atoms with Gasteiger partial charge in [-0.3, -0.25) is 4.79 Å². The zero-order valence-electron chi connectivity index (χ0n) is 8.70. The number of carbonyl (C=O) groups excluding carboxylic acids is 1. The number of esters is 1. The van der Waals surface area contributed by atoms with Crippen molar-refractivity contribution in [3.05, 3.63) is 35.4 Å². The van der Waals surface area contributed by atoms with Crippen LogP contribution in [0.4, 0.5) is 0 Å². The van der Waals surface area contributed by atoms with Crippen LogP contribution in [-0.2, 0) is 9.53 Å². The smallest absolute Gasteiger partial charge is 0.316 e. The van der Waals surface area contributed by atoms with Gasteiger partial charge in [-0.25, -0.2) is 0 Å². The van der Waals surface area contributed by atoms with Crippen LogP contribution in [0.25, 0.3) is 0 Å². The molecule has 1 aliphatic heterocycles. The first kappa shape index (κ1) is 9.25. The Bertz CT molecular complexity index is 362. The summed E-state index contributed by atoms with van der Waals surface area (Å²) in [6, 6.07) is 8.12. The molecule has 1 heterocycles. The van der Waals surface area contributed by atoms with Crippen LogP contribution in [0, 0.1) is 12.3 Å². The molecule has 2 heteroatoms. The van der Waals surface area contributed by atoms with Gasteiger partial charge in [0, 0.05) is 0 Å². The van der Waals surface area contributed by atoms with Crippen molar-refractivity contribution in [1.29, 1.82) is 0 Å². The molecule has 1 aromatic rings. The minimum absolute atomic E-state index is 0.0735. The maximum absolute atomic E-state index is 11.2. The molecule has 1 atom stereocenters. The highest BCUT2D eigenvalue weighted by atomic mass is 16.6. The molecular weight excluding hydrogens is 176 g/mol. The summed E-state index contributed by atoms with van der Waals surface area (Å²) in [4.78, 5) is 11.2. The normalized spacial score (nSPS) is 23.9. The van der Waals surface area contributed by atoms with E-state index in [1.54, 1.807) is 0 Å². The van der Waals surface area contributed by atoms with E-state index < -0.39 is 0 Å². The van der Waals surface area contributed by atoms with Crippen molar-refractivity contribution >= 4 is 5.97 Å². The lowest BCUT2D eigenvalue weighted by Gasteiger charge is -2.42. The van der Waals surface area contributed by atoms with E-state index in [4.69, 9.17) is 4.74 Å². The summed E-state index contributed by atoms with van der Waals surface area (Å²) in [7, 11) is 0. The molecule has 0 unspecified atom stereocenters. The molecule has 0 N–H and O–H groups in total. The number of ether oxygens (including phenoxy) is 1. The fourth-order valence-electron chi connectivity index (χ4n) is 1.68. The maximum atomic E-state index is 11.2. The molecule has 1 aromatic carbocycles. The van der Waals surface area contributed by atoms with E-state index in [2.05, 4.69) is 0 Å². The van der Waals surface area contributed by atoms with Gasteiger partial charge in [-0.1, -0.05) is 29.8 Å². The molecule has 2 nitrogen and oxygen atoms in total. The van der Waals surface area contributed by atoms with Crippen LogP contribution < -0.4 is 0 Å². The van der Waals surface area contributed by atoms with Crippen molar-refractivity contribution in [1.82, 2.24) is 0 Å². The fourth-order valence-corrected chi connectivity index (χ4v) is 1.68. The molecule has 0 amide bonds. The molecule has 14 heavy (non-hydrogen) atoms. The summed E-state index contributed by atoms with van der Waals surface area (Å²) >= 11 is 0. The quantitative estimate of drug-likeness (QED) is 0.636. The molecule has 0 saturated carbocycles. The summed E-state index contributed by atoms with van der Waals surface area (Å²) in [5.41, 5.74) is 1.94. The Morgan fingerprint density at radius 3 is 2.21 bits per heavy atom. The van der Waals surface area contributed by atoms with Gasteiger partial charge in [0.05, 0.1) is 0 Å². The topological polar surface area (TPSA) is 26.3 Å². The molecule has 1 saturated heterocycles. The molecule has 0 radical (unpaired) electrons. The van der Waals surface area contributed by atoms with E-state index in [0.29, 0.717) is 0 Å². The van der Waals surface area contributed by atoms with E-state index in [-0.39, 0.29) is 17.5 Å². The average Bonchev–Trinajstić information content (AvgIpc) is 2.16. The lowest BCUT2D eigenvalue weighted by atomic mass is 9.78. The van der Waals surface area contributed by atoms with E-state index in [9.17, 15) is 4.79 Å². The summed E-state index contributed by atoms with van der Waals surface area (Å²) in [6.45, 7) is 5.88. The second-order valence-corrected chi connectivity index (χ2v) is 4.42. The number of carbonyl (C=O) groups is 1. The number of cyclic esters (lactones) is 1. The zero-order chi connectivity index (χ0) is 10.3. The molecule has 0 aliphatic carbocycles. The van der Waals surface area contributed by atoms with Gasteiger partial charge in [-0.15, -0.1) is 0 Å². The van der Waals surface area contributed by atoms with Crippen LogP contribution in [-0.4, -0.2) is 5.97 Å². The van der Waals surface area contributed by atoms with Crippen LogP contribution in [0.5, 0.6) is 0 Å². The van der Waals surface area contributed by atoms with Crippen molar-refractivity contribution < 1.29 is 9.53 Å². The van der Waals surface area contributed by atoms with Gasteiger partial charge in [0.15, 0.2) is 0 Å². The van der Waals surface area contributed by atoms with Gasteiger partial charge in [-0.05, 0) is 26.3 Å². The molecule has 1 fully saturated rings. The lowest BCUT2D eigenvalue weighted by Crippen LogP contribution is -2.46. The van der Waals surface area contributed by atoms with Crippen molar-refractivity contribution in [2.45, 2.75) is 26.9 Å². The first-order chi connectivity index (χ1) is 6.51.